The molecule has 2 heterocycles. The second-order valence-corrected chi connectivity index (χ2v) is 3.36. The van der Waals surface area contributed by atoms with E-state index in [0.717, 1.165) is 0 Å². The van der Waals surface area contributed by atoms with E-state index in [0.29, 0.717) is 17.9 Å². The summed E-state index contributed by atoms with van der Waals surface area (Å²) in [4.78, 5) is 26.5. The number of nitrogens with zero attached hydrogens (tertiary/aromatic N) is 1. The van der Waals surface area contributed by atoms with Crippen molar-refractivity contribution in [3.05, 3.63) is 12.2 Å². The summed E-state index contributed by atoms with van der Waals surface area (Å²) in [6, 6.07) is -0.353. The van der Waals surface area contributed by atoms with Gasteiger partial charge in [-0.2, -0.15) is 5.06 Å². The Morgan fingerprint density at radius 2 is 2.21 bits per heavy atom. The van der Waals surface area contributed by atoms with E-state index >= 15 is 0 Å². The molecule has 3 aliphatic rings. The zero-order chi connectivity index (χ0) is 10.3. The van der Waals surface area contributed by atoms with Crippen molar-refractivity contribution in [1.29, 1.82) is 0 Å². The van der Waals surface area contributed by atoms with Gasteiger partial charge in [0.15, 0.2) is 0 Å². The third-order valence-electron chi connectivity index (χ3n) is 2.51. The third kappa shape index (κ3) is 1.07. The summed E-state index contributed by atoms with van der Waals surface area (Å²) in [5.41, 5.74) is -1.48. The van der Waals surface area contributed by atoms with E-state index in [4.69, 9.17) is 15.1 Å². The lowest BCUT2D eigenvalue weighted by Gasteiger charge is -2.43. The molecule has 2 unspecified atom stereocenters. The van der Waals surface area contributed by atoms with E-state index in [1.54, 1.807) is 6.08 Å². The Morgan fingerprint density at radius 1 is 1.50 bits per heavy atom. The van der Waals surface area contributed by atoms with Gasteiger partial charge in [0.2, 0.25) is 5.60 Å². The second kappa shape index (κ2) is 2.71. The van der Waals surface area contributed by atoms with Crippen LogP contribution in [-0.4, -0.2) is 39.0 Å². The summed E-state index contributed by atoms with van der Waals surface area (Å²) < 4.78 is 0. The third-order valence-corrected chi connectivity index (χ3v) is 2.51. The standard InChI is InChI=1S/C8H9NO5/c10-6(11)8-3-1-5(2-4-8)9(14-8)7(12)13/h1,3,5H,2,4H2,(H,10,11)(H,12,13). The Morgan fingerprint density at radius 3 is 2.64 bits per heavy atom. The van der Waals surface area contributed by atoms with E-state index in [1.165, 1.54) is 6.08 Å². The van der Waals surface area contributed by atoms with Gasteiger partial charge in [-0.3, -0.25) is 0 Å². The molecule has 0 aromatic carbocycles. The zero-order valence-corrected chi connectivity index (χ0v) is 7.21. The first-order chi connectivity index (χ1) is 6.55. The average Bonchev–Trinajstić information content (AvgIpc) is 2.19. The number of amides is 1. The fourth-order valence-electron chi connectivity index (χ4n) is 1.72. The van der Waals surface area contributed by atoms with Crippen molar-refractivity contribution < 1.29 is 24.6 Å². The minimum Gasteiger partial charge on any atom is -0.479 e. The highest BCUT2D eigenvalue weighted by atomic mass is 16.7. The SMILES string of the molecule is O=C(O)N1OC2(C(=O)O)C=CC1CC2. The number of aliphatic carboxylic acids is 1. The van der Waals surface area contributed by atoms with E-state index in [1.807, 2.05) is 0 Å². The lowest BCUT2D eigenvalue weighted by atomic mass is 9.87. The Labute approximate surface area is 79.3 Å². The van der Waals surface area contributed by atoms with Crippen LogP contribution in [0.15, 0.2) is 12.2 Å². The number of carboxylic acid groups (broad SMARTS) is 2. The van der Waals surface area contributed by atoms with Crippen molar-refractivity contribution in [1.82, 2.24) is 5.06 Å². The minimum absolute atomic E-state index is 0.313. The predicted octanol–water partition coefficient (Wildman–Crippen LogP) is 0.454. The Bertz CT molecular complexity index is 326. The van der Waals surface area contributed by atoms with Gasteiger partial charge >= 0.3 is 12.1 Å². The first-order valence-corrected chi connectivity index (χ1v) is 4.19. The largest absolute Gasteiger partial charge is 0.479 e. The van der Waals surface area contributed by atoms with Crippen molar-refractivity contribution >= 4 is 12.1 Å². The summed E-state index contributed by atoms with van der Waals surface area (Å²) in [6.07, 6.45) is 2.52. The molecule has 0 saturated carbocycles. The summed E-state index contributed by atoms with van der Waals surface area (Å²) in [5, 5.41) is 18.4. The molecule has 76 valence electrons. The lowest BCUT2D eigenvalue weighted by Crippen LogP contribution is -2.58. The molecule has 14 heavy (non-hydrogen) atoms. The molecule has 0 spiro atoms. The van der Waals surface area contributed by atoms with Gasteiger partial charge in [0.25, 0.3) is 0 Å². The van der Waals surface area contributed by atoms with Crippen LogP contribution in [0.5, 0.6) is 0 Å². The van der Waals surface area contributed by atoms with E-state index in [-0.39, 0.29) is 6.04 Å². The lowest BCUT2D eigenvalue weighted by molar-refractivity contribution is -0.254. The Balaban J connectivity index is 2.32. The summed E-state index contributed by atoms with van der Waals surface area (Å²) >= 11 is 0. The van der Waals surface area contributed by atoms with Gasteiger partial charge in [0.1, 0.15) is 0 Å². The highest BCUT2D eigenvalue weighted by Crippen LogP contribution is 2.36. The van der Waals surface area contributed by atoms with Crippen LogP contribution >= 0.6 is 0 Å². The molecule has 0 aromatic rings. The number of carboxylic acids is 1. The molecule has 1 fully saturated rings. The number of hydroxylamine groups is 2. The normalized spacial score (nSPS) is 34.6. The molecule has 2 N–H and O–H groups in total. The van der Waals surface area contributed by atoms with E-state index < -0.39 is 17.7 Å². The Hall–Kier alpha value is -1.56. The quantitative estimate of drug-likeness (QED) is 0.599. The van der Waals surface area contributed by atoms with Gasteiger partial charge in [-0.1, -0.05) is 6.08 Å². The molecule has 0 aromatic heterocycles. The van der Waals surface area contributed by atoms with Crippen LogP contribution in [0.4, 0.5) is 4.79 Å². The van der Waals surface area contributed by atoms with Crippen LogP contribution in [0.3, 0.4) is 0 Å². The van der Waals surface area contributed by atoms with Gasteiger partial charge in [-0.25, -0.2) is 14.4 Å². The number of hydrogen-bond acceptors (Lipinski definition) is 3. The monoisotopic (exact) mass is 199 g/mol. The van der Waals surface area contributed by atoms with Crippen molar-refractivity contribution in [3.63, 3.8) is 0 Å². The van der Waals surface area contributed by atoms with Crippen LogP contribution in [0.2, 0.25) is 0 Å². The average molecular weight is 199 g/mol. The van der Waals surface area contributed by atoms with Gasteiger partial charge in [-0.05, 0) is 18.9 Å². The van der Waals surface area contributed by atoms with Crippen molar-refractivity contribution in [3.8, 4) is 0 Å². The fraction of sp³-hybridized carbons (Fsp3) is 0.500. The molecule has 2 aliphatic heterocycles. The number of fused-ring (bicyclic) bond motifs is 2. The zero-order valence-electron chi connectivity index (χ0n) is 7.21. The number of hydrogen-bond donors (Lipinski definition) is 2. The van der Waals surface area contributed by atoms with Crippen LogP contribution < -0.4 is 0 Å². The molecule has 2 atom stereocenters. The molecule has 6 nitrogen and oxygen atoms in total. The Kier molecular flexibility index (Phi) is 1.75. The van der Waals surface area contributed by atoms with E-state index in [9.17, 15) is 9.59 Å². The second-order valence-electron chi connectivity index (χ2n) is 3.36. The highest BCUT2D eigenvalue weighted by Gasteiger charge is 2.50. The van der Waals surface area contributed by atoms with Crippen LogP contribution in [0.25, 0.3) is 0 Å². The smallest absolute Gasteiger partial charge is 0.432 e. The number of carbonyl (C=O) groups is 2. The van der Waals surface area contributed by atoms with Crippen molar-refractivity contribution in [2.24, 2.45) is 0 Å². The van der Waals surface area contributed by atoms with Gasteiger partial charge in [0, 0.05) is 0 Å². The molecule has 0 radical (unpaired) electrons. The van der Waals surface area contributed by atoms with E-state index in [2.05, 4.69) is 0 Å². The van der Waals surface area contributed by atoms with Gasteiger partial charge in [-0.15, -0.1) is 0 Å². The maximum absolute atomic E-state index is 10.9. The van der Waals surface area contributed by atoms with Crippen molar-refractivity contribution in [2.45, 2.75) is 24.5 Å². The molecule has 1 saturated heterocycles. The molecular formula is C8H9NO5. The van der Waals surface area contributed by atoms with Crippen LogP contribution in [-0.2, 0) is 9.63 Å². The molecule has 3 rings (SSSR count). The van der Waals surface area contributed by atoms with Crippen LogP contribution in [0.1, 0.15) is 12.8 Å². The minimum atomic E-state index is -1.48. The summed E-state index contributed by atoms with van der Waals surface area (Å²) in [7, 11) is 0. The highest BCUT2D eigenvalue weighted by molar-refractivity contribution is 5.81. The van der Waals surface area contributed by atoms with Gasteiger partial charge in [0.05, 0.1) is 6.04 Å². The first-order valence-electron chi connectivity index (χ1n) is 4.19. The predicted molar refractivity (Wildman–Crippen MR) is 43.5 cm³/mol. The summed E-state index contributed by atoms with van der Waals surface area (Å²) in [6.45, 7) is 0. The topological polar surface area (TPSA) is 87.1 Å². The first kappa shape index (κ1) is 9.01. The molecular weight excluding hydrogens is 190 g/mol. The van der Waals surface area contributed by atoms with Crippen molar-refractivity contribution in [2.75, 3.05) is 0 Å². The maximum atomic E-state index is 10.9. The molecule has 1 amide bonds. The molecule has 6 heteroatoms. The van der Waals surface area contributed by atoms with Crippen LogP contribution in [0, 0.1) is 0 Å². The maximum Gasteiger partial charge on any atom is 0.432 e. The van der Waals surface area contributed by atoms with Gasteiger partial charge < -0.3 is 10.2 Å². The number of rotatable bonds is 1. The fourth-order valence-corrected chi connectivity index (χ4v) is 1.72. The molecule has 1 aliphatic carbocycles. The summed E-state index contributed by atoms with van der Waals surface area (Å²) in [5.74, 6) is -1.15. The molecule has 2 bridgehead atoms.